The summed E-state index contributed by atoms with van der Waals surface area (Å²) in [5.41, 5.74) is -2.15. The maximum Gasteiger partial charge on any atom is 0.472 e. The van der Waals surface area contributed by atoms with Crippen LogP contribution in [0.15, 0.2) is 38.9 Å². The Labute approximate surface area is 210 Å². The van der Waals surface area contributed by atoms with E-state index in [2.05, 4.69) is 4.98 Å². The standard InChI is InChI=1S/C18H23N4O13PS/c23-5-7-14(13(28)16(33-7)21-3-1-9(24)19-17(21)29)35-36(30,31)32-6-8-11(26)12(27)15(34-8)22-4-2-10(25)20-18(22)37/h1-4,7-8,11-16,23,26-28H,5-6H2,(H,30,31)(H,19,24,29)(H,20,25,37)/t7-,8-,11-,12-,13-,14-,15-,16-/m1/s1. The smallest absolute Gasteiger partial charge is 0.394 e. The van der Waals surface area contributed by atoms with Gasteiger partial charge in [0.1, 0.15) is 36.6 Å². The van der Waals surface area contributed by atoms with Gasteiger partial charge in [-0.05, 0) is 12.2 Å². The van der Waals surface area contributed by atoms with Gasteiger partial charge in [0.2, 0.25) is 0 Å². The Morgan fingerprint density at radius 3 is 2.16 bits per heavy atom. The van der Waals surface area contributed by atoms with Gasteiger partial charge >= 0.3 is 13.5 Å². The number of aliphatic hydroxyl groups excluding tert-OH is 4. The van der Waals surface area contributed by atoms with Crippen LogP contribution in [0.5, 0.6) is 0 Å². The van der Waals surface area contributed by atoms with Gasteiger partial charge in [0.05, 0.1) is 13.2 Å². The second-order valence-electron chi connectivity index (χ2n) is 8.15. The Kier molecular flexibility index (Phi) is 8.07. The lowest BCUT2D eigenvalue weighted by molar-refractivity contribution is -0.0610. The molecule has 0 radical (unpaired) electrons. The number of H-pyrrole nitrogens is 2. The molecule has 7 N–H and O–H groups in total. The lowest BCUT2D eigenvalue weighted by Gasteiger charge is -2.23. The van der Waals surface area contributed by atoms with Crippen LogP contribution in [-0.4, -0.2) is 94.3 Å². The molecule has 2 saturated heterocycles. The van der Waals surface area contributed by atoms with E-state index in [0.29, 0.717) is 0 Å². The topological polar surface area (TPSA) is 248 Å². The molecule has 0 aliphatic carbocycles. The van der Waals surface area contributed by atoms with Crippen molar-refractivity contribution in [3.05, 3.63) is 60.5 Å². The van der Waals surface area contributed by atoms with E-state index in [-0.39, 0.29) is 4.77 Å². The third-order valence-electron chi connectivity index (χ3n) is 5.73. The van der Waals surface area contributed by atoms with Gasteiger partial charge in [-0.2, -0.15) is 0 Å². The molecule has 1 unspecified atom stereocenters. The SMILES string of the molecule is O=c1ccn([C@@H]2O[C@H](COP(=O)(O)O[C@H]3[C@@H](O)[C@H](n4ccc(=O)[nH]c4=O)O[C@@H]3CO)[C@@H](O)[C@H]2O)c(=S)[nH]1. The number of nitrogens with zero attached hydrogens (tertiary/aromatic N) is 2. The molecule has 0 spiro atoms. The van der Waals surface area contributed by atoms with Gasteiger partial charge in [0, 0.05) is 24.5 Å². The van der Waals surface area contributed by atoms with Crippen LogP contribution < -0.4 is 16.8 Å². The van der Waals surface area contributed by atoms with Gasteiger partial charge in [0.25, 0.3) is 11.1 Å². The first-order chi connectivity index (χ1) is 17.4. The lowest BCUT2D eigenvalue weighted by atomic mass is 10.1. The van der Waals surface area contributed by atoms with E-state index in [1.807, 2.05) is 4.98 Å². The average molecular weight is 566 g/mol. The van der Waals surface area contributed by atoms with E-state index in [1.54, 1.807) is 0 Å². The number of aliphatic hydroxyl groups is 4. The molecular weight excluding hydrogens is 543 g/mol. The Balaban J connectivity index is 1.43. The quantitative estimate of drug-likeness (QED) is 0.123. The van der Waals surface area contributed by atoms with Crippen molar-refractivity contribution in [1.29, 1.82) is 0 Å². The fourth-order valence-electron chi connectivity index (χ4n) is 3.93. The summed E-state index contributed by atoms with van der Waals surface area (Å²) in [6.45, 7) is -1.55. The van der Waals surface area contributed by atoms with Crippen molar-refractivity contribution in [3.63, 3.8) is 0 Å². The maximum absolute atomic E-state index is 12.6. The minimum Gasteiger partial charge on any atom is -0.394 e. The summed E-state index contributed by atoms with van der Waals surface area (Å²) in [5, 5.41) is 40.8. The summed E-state index contributed by atoms with van der Waals surface area (Å²) in [6, 6.07) is 2.09. The first-order valence-corrected chi connectivity index (χ1v) is 12.6. The average Bonchev–Trinajstić information content (AvgIpc) is 3.28. The normalized spacial score (nSPS) is 33.4. The molecule has 17 nitrogen and oxygen atoms in total. The molecule has 9 atom stereocenters. The van der Waals surface area contributed by atoms with Crippen LogP contribution in [0.2, 0.25) is 0 Å². The number of aromatic amines is 2. The third-order valence-corrected chi connectivity index (χ3v) is 7.03. The number of hydrogen-bond acceptors (Lipinski definition) is 13. The van der Waals surface area contributed by atoms with Crippen molar-refractivity contribution in [3.8, 4) is 0 Å². The minimum atomic E-state index is -5.02. The Morgan fingerprint density at radius 2 is 1.54 bits per heavy atom. The van der Waals surface area contributed by atoms with Crippen molar-refractivity contribution in [2.24, 2.45) is 0 Å². The predicted molar refractivity (Wildman–Crippen MR) is 121 cm³/mol. The number of nitrogens with one attached hydrogen (secondary N) is 2. The molecule has 4 heterocycles. The minimum absolute atomic E-state index is 0.108. The Hall–Kier alpha value is -2.35. The highest BCUT2D eigenvalue weighted by Gasteiger charge is 2.50. The highest BCUT2D eigenvalue weighted by molar-refractivity contribution is 7.71. The number of aromatic nitrogens is 4. The molecule has 0 bridgehead atoms. The van der Waals surface area contributed by atoms with Crippen LogP contribution in [0, 0.1) is 4.77 Å². The molecular formula is C18H23N4O13PS. The van der Waals surface area contributed by atoms with E-state index in [0.717, 1.165) is 27.5 Å². The summed E-state index contributed by atoms with van der Waals surface area (Å²) in [6.07, 6.45) is -9.76. The molecule has 2 fully saturated rings. The van der Waals surface area contributed by atoms with E-state index < -0.39 is 86.9 Å². The zero-order valence-corrected chi connectivity index (χ0v) is 20.3. The molecule has 204 valence electrons. The lowest BCUT2D eigenvalue weighted by Crippen LogP contribution is -2.39. The maximum atomic E-state index is 12.6. The highest BCUT2D eigenvalue weighted by atomic mass is 32.1. The summed E-state index contributed by atoms with van der Waals surface area (Å²) in [4.78, 5) is 49.2. The van der Waals surface area contributed by atoms with Crippen molar-refractivity contribution >= 4 is 20.0 Å². The molecule has 0 saturated carbocycles. The second-order valence-corrected chi connectivity index (χ2v) is 9.95. The highest BCUT2D eigenvalue weighted by Crippen LogP contribution is 2.49. The zero-order valence-electron chi connectivity index (χ0n) is 18.6. The molecule has 37 heavy (non-hydrogen) atoms. The Morgan fingerprint density at radius 1 is 0.946 bits per heavy atom. The van der Waals surface area contributed by atoms with Gasteiger partial charge in [-0.15, -0.1) is 0 Å². The molecule has 2 aliphatic rings. The van der Waals surface area contributed by atoms with Crippen molar-refractivity contribution in [2.75, 3.05) is 13.2 Å². The number of rotatable bonds is 8. The largest absolute Gasteiger partial charge is 0.472 e. The summed E-state index contributed by atoms with van der Waals surface area (Å²) < 4.78 is 35.2. The van der Waals surface area contributed by atoms with Gasteiger partial charge in [-0.3, -0.25) is 37.7 Å². The van der Waals surface area contributed by atoms with Crippen molar-refractivity contribution < 1.29 is 48.4 Å². The van der Waals surface area contributed by atoms with Gasteiger partial charge < -0.3 is 34.8 Å². The van der Waals surface area contributed by atoms with Crippen LogP contribution in [-0.2, 0) is 23.1 Å². The van der Waals surface area contributed by atoms with Gasteiger partial charge in [-0.1, -0.05) is 0 Å². The first kappa shape index (κ1) is 27.7. The summed E-state index contributed by atoms with van der Waals surface area (Å²) in [5.74, 6) is 0. The second kappa shape index (κ2) is 10.8. The van der Waals surface area contributed by atoms with Crippen LogP contribution in [0.4, 0.5) is 0 Å². The monoisotopic (exact) mass is 566 g/mol. The Bertz CT molecular complexity index is 1410. The molecule has 19 heteroatoms. The van der Waals surface area contributed by atoms with E-state index in [4.69, 9.17) is 30.7 Å². The number of ether oxygens (including phenoxy) is 2. The molecule has 2 aliphatic heterocycles. The number of phosphoric acid groups is 1. The van der Waals surface area contributed by atoms with Crippen molar-refractivity contribution in [2.45, 2.75) is 49.1 Å². The zero-order chi connectivity index (χ0) is 27.1. The van der Waals surface area contributed by atoms with Gasteiger partial charge in [0.15, 0.2) is 17.2 Å². The molecule has 2 aromatic heterocycles. The van der Waals surface area contributed by atoms with Crippen LogP contribution in [0.25, 0.3) is 0 Å². The van der Waals surface area contributed by atoms with Crippen LogP contribution >= 0.6 is 20.0 Å². The summed E-state index contributed by atoms with van der Waals surface area (Å²) >= 11 is 5.01. The third kappa shape index (κ3) is 5.74. The van der Waals surface area contributed by atoms with E-state index in [1.165, 1.54) is 6.20 Å². The molecule has 0 amide bonds. The molecule has 0 aromatic carbocycles. The summed E-state index contributed by atoms with van der Waals surface area (Å²) in [7, 11) is -5.02. The number of phosphoric ester groups is 1. The molecule has 4 rings (SSSR count). The van der Waals surface area contributed by atoms with Crippen LogP contribution in [0.3, 0.4) is 0 Å². The van der Waals surface area contributed by atoms with E-state index in [9.17, 15) is 44.3 Å². The number of hydrogen-bond donors (Lipinski definition) is 7. The fourth-order valence-corrected chi connectivity index (χ4v) is 5.16. The fraction of sp³-hybridized carbons (Fsp3) is 0.556. The van der Waals surface area contributed by atoms with Gasteiger partial charge in [-0.25, -0.2) is 9.36 Å². The molecule has 2 aromatic rings. The van der Waals surface area contributed by atoms with E-state index >= 15 is 0 Å². The first-order valence-electron chi connectivity index (χ1n) is 10.7. The van der Waals surface area contributed by atoms with Crippen LogP contribution in [0.1, 0.15) is 12.5 Å². The predicted octanol–water partition coefficient (Wildman–Crippen LogP) is -3.17. The van der Waals surface area contributed by atoms with Crippen molar-refractivity contribution in [1.82, 2.24) is 19.1 Å².